The predicted molar refractivity (Wildman–Crippen MR) is 75.3 cm³/mol. The molecule has 5 nitrogen and oxygen atoms in total. The summed E-state index contributed by atoms with van der Waals surface area (Å²) >= 11 is 0. The summed E-state index contributed by atoms with van der Waals surface area (Å²) in [5.41, 5.74) is 0.525. The molecule has 0 spiro atoms. The molecule has 1 heterocycles. The Bertz CT molecular complexity index is 600. The maximum Gasteiger partial charge on any atom is 0.309 e. The SMILES string of the molecule is COC(=O)[C@H]1CCCN(S(=O)(=O)Cc2ccc(F)cc2)C1. The largest absolute Gasteiger partial charge is 0.469 e. The molecule has 0 N–H and O–H groups in total. The lowest BCUT2D eigenvalue weighted by Gasteiger charge is -2.30. The van der Waals surface area contributed by atoms with Crippen LogP contribution in [0.15, 0.2) is 24.3 Å². The number of piperidine rings is 1. The minimum atomic E-state index is -3.52. The van der Waals surface area contributed by atoms with Gasteiger partial charge >= 0.3 is 5.97 Å². The van der Waals surface area contributed by atoms with Gasteiger partial charge in [-0.2, -0.15) is 0 Å². The van der Waals surface area contributed by atoms with Gasteiger partial charge in [0.15, 0.2) is 0 Å². The van der Waals surface area contributed by atoms with Crippen molar-refractivity contribution in [1.29, 1.82) is 0 Å². The second kappa shape index (κ2) is 6.53. The van der Waals surface area contributed by atoms with Crippen molar-refractivity contribution in [2.75, 3.05) is 20.2 Å². The van der Waals surface area contributed by atoms with E-state index in [9.17, 15) is 17.6 Å². The van der Waals surface area contributed by atoms with Crippen LogP contribution in [0, 0.1) is 11.7 Å². The van der Waals surface area contributed by atoms with Crippen molar-refractivity contribution in [3.63, 3.8) is 0 Å². The zero-order valence-electron chi connectivity index (χ0n) is 11.8. The smallest absolute Gasteiger partial charge is 0.309 e. The van der Waals surface area contributed by atoms with Crippen molar-refractivity contribution in [3.8, 4) is 0 Å². The van der Waals surface area contributed by atoms with Crippen molar-refractivity contribution in [3.05, 3.63) is 35.6 Å². The molecular formula is C14H18FNO4S. The highest BCUT2D eigenvalue weighted by Gasteiger charge is 2.32. The molecule has 1 atom stereocenters. The lowest BCUT2D eigenvalue weighted by Crippen LogP contribution is -2.43. The van der Waals surface area contributed by atoms with Gasteiger partial charge in [-0.3, -0.25) is 4.79 Å². The topological polar surface area (TPSA) is 63.7 Å². The standard InChI is InChI=1S/C14H18FNO4S/c1-20-14(17)12-3-2-8-16(9-12)21(18,19)10-11-4-6-13(15)7-5-11/h4-7,12H,2-3,8-10H2,1H3/t12-/m0/s1. The van der Waals surface area contributed by atoms with Crippen LogP contribution in [0.3, 0.4) is 0 Å². The molecule has 21 heavy (non-hydrogen) atoms. The van der Waals surface area contributed by atoms with Crippen molar-refractivity contribution in [1.82, 2.24) is 4.31 Å². The summed E-state index contributed by atoms with van der Waals surface area (Å²) in [6, 6.07) is 5.37. The molecule has 0 saturated carbocycles. The van der Waals surface area contributed by atoms with E-state index in [0.717, 1.165) is 0 Å². The van der Waals surface area contributed by atoms with Gasteiger partial charge in [0.1, 0.15) is 5.82 Å². The first-order valence-corrected chi connectivity index (χ1v) is 8.33. The van der Waals surface area contributed by atoms with E-state index in [-0.39, 0.29) is 18.3 Å². The van der Waals surface area contributed by atoms with Crippen LogP contribution in [0.25, 0.3) is 0 Å². The van der Waals surface area contributed by atoms with Gasteiger partial charge in [-0.05, 0) is 30.5 Å². The second-order valence-electron chi connectivity index (χ2n) is 5.10. The minimum Gasteiger partial charge on any atom is -0.469 e. The van der Waals surface area contributed by atoms with Crippen molar-refractivity contribution >= 4 is 16.0 Å². The molecule has 0 aromatic heterocycles. The van der Waals surface area contributed by atoms with E-state index in [2.05, 4.69) is 4.74 Å². The summed E-state index contributed by atoms with van der Waals surface area (Å²) in [6.45, 7) is 0.549. The van der Waals surface area contributed by atoms with Gasteiger partial charge in [0.05, 0.1) is 18.8 Å². The summed E-state index contributed by atoms with van der Waals surface area (Å²) < 4.78 is 43.6. The Labute approximate surface area is 123 Å². The molecule has 1 aromatic rings. The molecular weight excluding hydrogens is 297 g/mol. The summed E-state index contributed by atoms with van der Waals surface area (Å²) in [6.07, 6.45) is 1.26. The summed E-state index contributed by atoms with van der Waals surface area (Å²) in [4.78, 5) is 11.5. The van der Waals surface area contributed by atoms with Crippen LogP contribution in [0.1, 0.15) is 18.4 Å². The molecule has 0 unspecified atom stereocenters. The third-order valence-electron chi connectivity index (χ3n) is 3.57. The van der Waals surface area contributed by atoms with Crippen molar-refractivity contribution in [2.45, 2.75) is 18.6 Å². The number of ether oxygens (including phenoxy) is 1. The number of sulfonamides is 1. The molecule has 1 aliphatic rings. The maximum atomic E-state index is 12.8. The monoisotopic (exact) mass is 315 g/mol. The zero-order valence-corrected chi connectivity index (χ0v) is 12.6. The second-order valence-corrected chi connectivity index (χ2v) is 7.07. The molecule has 7 heteroatoms. The van der Waals surface area contributed by atoms with Crippen LogP contribution in [0.4, 0.5) is 4.39 Å². The van der Waals surface area contributed by atoms with Crippen LogP contribution < -0.4 is 0 Å². The number of methoxy groups -OCH3 is 1. The Morgan fingerprint density at radius 3 is 2.67 bits per heavy atom. The van der Waals surface area contributed by atoms with E-state index in [0.29, 0.717) is 24.9 Å². The first kappa shape index (κ1) is 15.9. The van der Waals surface area contributed by atoms with E-state index in [4.69, 9.17) is 0 Å². The molecule has 1 saturated heterocycles. The number of rotatable bonds is 4. The molecule has 1 aromatic carbocycles. The number of nitrogens with zero attached hydrogens (tertiary/aromatic N) is 1. The first-order chi connectivity index (χ1) is 9.92. The lowest BCUT2D eigenvalue weighted by molar-refractivity contribution is -0.146. The van der Waals surface area contributed by atoms with E-state index in [1.54, 1.807) is 0 Å². The molecule has 1 aliphatic heterocycles. The lowest BCUT2D eigenvalue weighted by atomic mass is 10.0. The first-order valence-electron chi connectivity index (χ1n) is 6.72. The van der Waals surface area contributed by atoms with Gasteiger partial charge in [-0.1, -0.05) is 12.1 Å². The number of hydrogen-bond donors (Lipinski definition) is 0. The molecule has 1 fully saturated rings. The Kier molecular flexibility index (Phi) is 4.95. The molecule has 0 amide bonds. The molecule has 116 valence electrons. The number of halogens is 1. The van der Waals surface area contributed by atoms with E-state index < -0.39 is 21.8 Å². The van der Waals surface area contributed by atoms with Crippen LogP contribution in [-0.4, -0.2) is 38.9 Å². The Hall–Kier alpha value is -1.47. The third-order valence-corrected chi connectivity index (χ3v) is 5.39. The average molecular weight is 315 g/mol. The fourth-order valence-corrected chi connectivity index (χ4v) is 4.05. The number of carbonyl (C=O) groups excluding carboxylic acids is 1. The van der Waals surface area contributed by atoms with Crippen LogP contribution in [-0.2, 0) is 25.3 Å². The molecule has 0 aliphatic carbocycles. The number of hydrogen-bond acceptors (Lipinski definition) is 4. The van der Waals surface area contributed by atoms with E-state index >= 15 is 0 Å². The van der Waals surface area contributed by atoms with Crippen molar-refractivity contribution < 1.29 is 22.3 Å². The molecule has 2 rings (SSSR count). The van der Waals surface area contributed by atoms with Gasteiger partial charge in [-0.25, -0.2) is 17.1 Å². The summed E-state index contributed by atoms with van der Waals surface area (Å²) in [7, 11) is -2.22. The normalized spacial score (nSPS) is 20.2. The van der Waals surface area contributed by atoms with Gasteiger partial charge in [0.25, 0.3) is 0 Å². The van der Waals surface area contributed by atoms with Gasteiger partial charge < -0.3 is 4.74 Å². The number of esters is 1. The van der Waals surface area contributed by atoms with Gasteiger partial charge in [0.2, 0.25) is 10.0 Å². The maximum absolute atomic E-state index is 12.8. The van der Waals surface area contributed by atoms with Gasteiger partial charge in [0, 0.05) is 13.1 Å². The predicted octanol–water partition coefficient (Wildman–Crippen LogP) is 1.54. The summed E-state index contributed by atoms with van der Waals surface area (Å²) in [5.74, 6) is -1.38. The van der Waals surface area contributed by atoms with Crippen LogP contribution in [0.5, 0.6) is 0 Å². The van der Waals surface area contributed by atoms with E-state index in [1.807, 2.05) is 0 Å². The van der Waals surface area contributed by atoms with Crippen LogP contribution in [0.2, 0.25) is 0 Å². The highest BCUT2D eigenvalue weighted by Crippen LogP contribution is 2.22. The highest BCUT2D eigenvalue weighted by atomic mass is 32.2. The molecule has 0 radical (unpaired) electrons. The summed E-state index contributed by atoms with van der Waals surface area (Å²) in [5, 5.41) is 0. The van der Waals surface area contributed by atoms with Crippen molar-refractivity contribution in [2.24, 2.45) is 5.92 Å². The van der Waals surface area contributed by atoms with Gasteiger partial charge in [-0.15, -0.1) is 0 Å². The highest BCUT2D eigenvalue weighted by molar-refractivity contribution is 7.88. The quantitative estimate of drug-likeness (QED) is 0.791. The molecule has 0 bridgehead atoms. The zero-order chi connectivity index (χ0) is 15.5. The fourth-order valence-electron chi connectivity index (χ4n) is 2.44. The average Bonchev–Trinajstić information content (AvgIpc) is 2.49. The minimum absolute atomic E-state index is 0.149. The Morgan fingerprint density at radius 2 is 2.05 bits per heavy atom. The third kappa shape index (κ3) is 4.01. The number of benzene rings is 1. The number of carbonyl (C=O) groups is 1. The Morgan fingerprint density at radius 1 is 1.38 bits per heavy atom. The van der Waals surface area contributed by atoms with Crippen LogP contribution >= 0.6 is 0 Å². The fraction of sp³-hybridized carbons (Fsp3) is 0.500. The van der Waals surface area contributed by atoms with E-state index in [1.165, 1.54) is 35.7 Å². The Balaban J connectivity index is 2.08.